The van der Waals surface area contributed by atoms with Crippen LogP contribution in [-0.2, 0) is 3.79 Å². The number of methoxy groups -OCH3 is 1. The Morgan fingerprint density at radius 3 is 2.18 bits per heavy atom. The maximum atomic E-state index is 6.03. The largest absolute Gasteiger partial charge is 0.490 e. The van der Waals surface area contributed by atoms with E-state index in [0.717, 1.165) is 0 Å². The normalized spacial score (nSPS) is 11.5. The van der Waals surface area contributed by atoms with Crippen molar-refractivity contribution in [3.8, 4) is 11.6 Å². The van der Waals surface area contributed by atoms with Gasteiger partial charge in [-0.15, -0.1) is 0 Å². The van der Waals surface area contributed by atoms with Gasteiger partial charge in [-0.1, -0.05) is 58.0 Å². The van der Waals surface area contributed by atoms with Crippen LogP contribution < -0.4 is 9.47 Å². The van der Waals surface area contributed by atoms with Crippen molar-refractivity contribution in [1.29, 1.82) is 0 Å². The zero-order chi connectivity index (χ0) is 13.2. The number of nitrogens with zero attached hydrogens (tertiary/aromatic N) is 1. The quantitative estimate of drug-likeness (QED) is 0.753. The molecule has 0 amide bonds. The maximum Gasteiger partial charge on any atom is 0.236 e. The standard InChI is InChI=1S/C9H8Cl5NO2/c1-3-17-6-4(10)7(9(12,13)14)15-8(16-2)5(6)11/h3H2,1-2H3. The van der Waals surface area contributed by atoms with E-state index in [2.05, 4.69) is 4.98 Å². The SMILES string of the molecule is CCOc1c(Cl)c(OC)nc(C(Cl)(Cl)Cl)c1Cl. The summed E-state index contributed by atoms with van der Waals surface area (Å²) in [6.07, 6.45) is 0. The van der Waals surface area contributed by atoms with Gasteiger partial charge in [-0.3, -0.25) is 0 Å². The minimum absolute atomic E-state index is 0.00821. The van der Waals surface area contributed by atoms with Crippen LogP contribution in [0.25, 0.3) is 0 Å². The molecular weight excluding hydrogens is 331 g/mol. The number of pyridine rings is 1. The highest BCUT2D eigenvalue weighted by Gasteiger charge is 2.32. The molecule has 3 nitrogen and oxygen atoms in total. The van der Waals surface area contributed by atoms with Crippen molar-refractivity contribution in [2.75, 3.05) is 13.7 Å². The fourth-order valence-corrected chi connectivity index (χ4v) is 2.30. The van der Waals surface area contributed by atoms with E-state index in [9.17, 15) is 0 Å². The zero-order valence-corrected chi connectivity index (χ0v) is 12.6. The first-order valence-corrected chi connectivity index (χ1v) is 6.34. The van der Waals surface area contributed by atoms with Crippen LogP contribution >= 0.6 is 58.0 Å². The summed E-state index contributed by atoms with van der Waals surface area (Å²) in [4.78, 5) is 3.94. The van der Waals surface area contributed by atoms with Crippen LogP contribution in [0, 0.1) is 0 Å². The lowest BCUT2D eigenvalue weighted by atomic mass is 10.3. The third-order valence-electron chi connectivity index (χ3n) is 1.76. The van der Waals surface area contributed by atoms with Gasteiger partial charge in [0.25, 0.3) is 0 Å². The predicted molar refractivity (Wildman–Crippen MR) is 71.2 cm³/mol. The number of ether oxygens (including phenoxy) is 2. The Balaban J connectivity index is 3.48. The van der Waals surface area contributed by atoms with E-state index in [1.165, 1.54) is 7.11 Å². The third-order valence-corrected chi connectivity index (χ3v) is 2.98. The van der Waals surface area contributed by atoms with Crippen LogP contribution in [0.5, 0.6) is 11.6 Å². The molecule has 0 N–H and O–H groups in total. The molecule has 0 bridgehead atoms. The van der Waals surface area contributed by atoms with Gasteiger partial charge in [-0.2, -0.15) is 0 Å². The molecule has 0 unspecified atom stereocenters. The van der Waals surface area contributed by atoms with Gasteiger partial charge < -0.3 is 9.47 Å². The summed E-state index contributed by atoms with van der Waals surface area (Å²) < 4.78 is 8.46. The molecule has 0 spiro atoms. The predicted octanol–water partition coefficient (Wildman–Crippen LogP) is 4.62. The molecule has 8 heteroatoms. The number of aromatic nitrogens is 1. The lowest BCUT2D eigenvalue weighted by Crippen LogP contribution is -2.08. The van der Waals surface area contributed by atoms with Crippen molar-refractivity contribution in [3.63, 3.8) is 0 Å². The van der Waals surface area contributed by atoms with E-state index in [4.69, 9.17) is 67.5 Å². The molecule has 1 aromatic heterocycles. The highest BCUT2D eigenvalue weighted by molar-refractivity contribution is 6.67. The highest BCUT2D eigenvalue weighted by atomic mass is 35.6. The Morgan fingerprint density at radius 2 is 1.76 bits per heavy atom. The molecule has 0 radical (unpaired) electrons. The van der Waals surface area contributed by atoms with Crippen molar-refractivity contribution >= 4 is 58.0 Å². The molecule has 0 atom stereocenters. The topological polar surface area (TPSA) is 31.4 Å². The molecule has 0 aliphatic rings. The van der Waals surface area contributed by atoms with Gasteiger partial charge in [-0.25, -0.2) is 4.98 Å². The van der Waals surface area contributed by atoms with Gasteiger partial charge in [0.05, 0.1) is 13.7 Å². The highest BCUT2D eigenvalue weighted by Crippen LogP contribution is 2.48. The fraction of sp³-hybridized carbons (Fsp3) is 0.444. The van der Waals surface area contributed by atoms with Gasteiger partial charge in [0.15, 0.2) is 5.75 Å². The van der Waals surface area contributed by atoms with Gasteiger partial charge in [0.1, 0.15) is 15.7 Å². The molecular formula is C9H8Cl5NO2. The van der Waals surface area contributed by atoms with Crippen molar-refractivity contribution < 1.29 is 9.47 Å². The Kier molecular flexibility index (Phi) is 5.29. The molecule has 17 heavy (non-hydrogen) atoms. The van der Waals surface area contributed by atoms with Crippen LogP contribution in [0.4, 0.5) is 0 Å². The third kappa shape index (κ3) is 3.36. The summed E-state index contributed by atoms with van der Waals surface area (Å²) in [7, 11) is 1.39. The van der Waals surface area contributed by atoms with Crippen LogP contribution in [0.1, 0.15) is 12.6 Å². The molecule has 1 aromatic rings. The lowest BCUT2D eigenvalue weighted by molar-refractivity contribution is 0.333. The van der Waals surface area contributed by atoms with Gasteiger partial charge in [0, 0.05) is 0 Å². The molecule has 0 aliphatic heterocycles. The summed E-state index contributed by atoms with van der Waals surface area (Å²) in [6, 6.07) is 0. The molecule has 1 rings (SSSR count). The van der Waals surface area contributed by atoms with E-state index in [0.29, 0.717) is 6.61 Å². The summed E-state index contributed by atoms with van der Waals surface area (Å²) in [5.41, 5.74) is 0.00821. The summed E-state index contributed by atoms with van der Waals surface area (Å²) in [5, 5.41) is 0.190. The first-order valence-electron chi connectivity index (χ1n) is 4.45. The second kappa shape index (κ2) is 5.89. The molecule has 0 aromatic carbocycles. The molecule has 0 saturated heterocycles. The minimum atomic E-state index is -1.79. The summed E-state index contributed by atoms with van der Waals surface area (Å²) >= 11 is 29.3. The fourth-order valence-electron chi connectivity index (χ4n) is 1.09. The van der Waals surface area contributed by atoms with Crippen molar-refractivity contribution in [2.24, 2.45) is 0 Å². The van der Waals surface area contributed by atoms with E-state index >= 15 is 0 Å². The number of alkyl halides is 3. The Labute approximate surface area is 124 Å². The van der Waals surface area contributed by atoms with Crippen molar-refractivity contribution in [3.05, 3.63) is 15.7 Å². The average Bonchev–Trinajstić information content (AvgIpc) is 2.22. The van der Waals surface area contributed by atoms with Crippen molar-refractivity contribution in [2.45, 2.75) is 10.7 Å². The second-order valence-corrected chi connectivity index (χ2v) is 5.89. The molecule has 0 fully saturated rings. The van der Waals surface area contributed by atoms with E-state index in [-0.39, 0.29) is 27.4 Å². The molecule has 0 saturated carbocycles. The first kappa shape index (κ1) is 15.3. The second-order valence-electron chi connectivity index (χ2n) is 2.86. The summed E-state index contributed by atoms with van der Waals surface area (Å²) in [6.45, 7) is 2.13. The van der Waals surface area contributed by atoms with Crippen molar-refractivity contribution in [1.82, 2.24) is 4.98 Å². The van der Waals surface area contributed by atoms with Crippen LogP contribution in [0.2, 0.25) is 10.0 Å². The molecule has 0 aliphatic carbocycles. The average molecular weight is 339 g/mol. The Morgan fingerprint density at radius 1 is 1.18 bits per heavy atom. The smallest absolute Gasteiger partial charge is 0.236 e. The molecule has 1 heterocycles. The number of hydrogen-bond acceptors (Lipinski definition) is 3. The number of rotatable bonds is 3. The summed E-state index contributed by atoms with van der Waals surface area (Å²) in [5.74, 6) is 0.268. The van der Waals surface area contributed by atoms with Gasteiger partial charge in [-0.05, 0) is 6.92 Å². The van der Waals surface area contributed by atoms with E-state index in [1.807, 2.05) is 0 Å². The number of halogens is 5. The number of hydrogen-bond donors (Lipinski definition) is 0. The Hall–Kier alpha value is 0.200. The van der Waals surface area contributed by atoms with Gasteiger partial charge >= 0.3 is 0 Å². The first-order chi connectivity index (χ1) is 7.82. The monoisotopic (exact) mass is 337 g/mol. The van der Waals surface area contributed by atoms with Crippen LogP contribution in [0.15, 0.2) is 0 Å². The van der Waals surface area contributed by atoms with Crippen LogP contribution in [0.3, 0.4) is 0 Å². The Bertz CT molecular complexity index is 419. The molecule has 96 valence electrons. The minimum Gasteiger partial charge on any atom is -0.490 e. The van der Waals surface area contributed by atoms with Gasteiger partial charge in [0.2, 0.25) is 9.67 Å². The zero-order valence-electron chi connectivity index (χ0n) is 8.86. The van der Waals surface area contributed by atoms with Crippen LogP contribution in [-0.4, -0.2) is 18.7 Å². The van der Waals surface area contributed by atoms with E-state index < -0.39 is 3.79 Å². The lowest BCUT2D eigenvalue weighted by Gasteiger charge is -2.17. The maximum absolute atomic E-state index is 6.03. The van der Waals surface area contributed by atoms with E-state index in [1.54, 1.807) is 6.92 Å².